The minimum absolute atomic E-state index is 0.0838. The zero-order chi connectivity index (χ0) is 19.5. The van der Waals surface area contributed by atoms with Crippen LogP contribution >= 0.6 is 0 Å². The smallest absolute Gasteiger partial charge is 0.220 e. The number of amides is 1. The Balaban J connectivity index is 1.65. The second-order valence-corrected chi connectivity index (χ2v) is 7.94. The molecular formula is C20H27FN6O. The van der Waals surface area contributed by atoms with E-state index in [0.29, 0.717) is 6.04 Å². The van der Waals surface area contributed by atoms with Crippen LogP contribution in [0.1, 0.15) is 68.4 Å². The van der Waals surface area contributed by atoms with Gasteiger partial charge in [-0.25, -0.2) is 9.07 Å². The molecular weight excluding hydrogens is 359 g/mol. The van der Waals surface area contributed by atoms with Crippen molar-refractivity contribution in [3.05, 3.63) is 41.5 Å². The fraction of sp³-hybridized carbons (Fsp3) is 0.600. The molecule has 2 aliphatic rings. The molecule has 7 nitrogen and oxygen atoms in total. The minimum Gasteiger partial charge on any atom is -0.369 e. The molecule has 150 valence electrons. The quantitative estimate of drug-likeness (QED) is 0.853. The maximum atomic E-state index is 13.5. The van der Waals surface area contributed by atoms with Crippen molar-refractivity contribution in [1.29, 1.82) is 0 Å². The van der Waals surface area contributed by atoms with Crippen LogP contribution < -0.4 is 5.73 Å². The highest BCUT2D eigenvalue weighted by molar-refractivity contribution is 5.76. The molecule has 0 radical (unpaired) electrons. The predicted molar refractivity (Wildman–Crippen MR) is 102 cm³/mol. The monoisotopic (exact) mass is 386 g/mol. The van der Waals surface area contributed by atoms with Crippen LogP contribution in [0.2, 0.25) is 0 Å². The molecule has 1 atom stereocenters. The molecule has 1 saturated heterocycles. The number of benzene rings is 1. The summed E-state index contributed by atoms with van der Waals surface area (Å²) in [5, 5.41) is 12.7. The van der Waals surface area contributed by atoms with Gasteiger partial charge in [0, 0.05) is 5.92 Å². The van der Waals surface area contributed by atoms with Crippen LogP contribution in [0.15, 0.2) is 24.3 Å². The number of likely N-dealkylation sites (tertiary alicyclic amines) is 1. The molecule has 1 aliphatic carbocycles. The van der Waals surface area contributed by atoms with Gasteiger partial charge in [-0.05, 0) is 66.9 Å². The number of carbonyl (C=O) groups excluding carboxylic acids is 1. The number of carbonyl (C=O) groups is 1. The van der Waals surface area contributed by atoms with Gasteiger partial charge in [0.15, 0.2) is 5.82 Å². The number of primary amides is 1. The number of piperidine rings is 1. The van der Waals surface area contributed by atoms with Crippen molar-refractivity contribution in [1.82, 2.24) is 25.1 Å². The summed E-state index contributed by atoms with van der Waals surface area (Å²) in [4.78, 5) is 13.8. The third-order valence-electron chi connectivity index (χ3n) is 6.17. The molecule has 1 aromatic carbocycles. The first-order valence-corrected chi connectivity index (χ1v) is 10.2. The summed E-state index contributed by atoms with van der Waals surface area (Å²) in [6, 6.07) is 6.72. The number of hydrogen-bond donors (Lipinski definition) is 1. The second kappa shape index (κ2) is 8.34. The van der Waals surface area contributed by atoms with Gasteiger partial charge in [-0.1, -0.05) is 31.4 Å². The molecule has 1 aliphatic heterocycles. The Bertz CT molecular complexity index is 793. The lowest BCUT2D eigenvalue weighted by Crippen LogP contribution is -2.41. The molecule has 1 aromatic heterocycles. The molecule has 1 amide bonds. The largest absolute Gasteiger partial charge is 0.369 e. The number of aromatic nitrogens is 4. The number of halogens is 1. The Kier molecular flexibility index (Phi) is 5.66. The van der Waals surface area contributed by atoms with Crippen molar-refractivity contribution in [2.75, 3.05) is 13.1 Å². The first-order chi connectivity index (χ1) is 13.6. The summed E-state index contributed by atoms with van der Waals surface area (Å²) in [5.41, 5.74) is 6.46. The number of nitrogens with two attached hydrogens (primary N) is 1. The lowest BCUT2D eigenvalue weighted by molar-refractivity contribution is -0.123. The fourth-order valence-electron chi connectivity index (χ4n) is 4.58. The SMILES string of the molecule is NC(=O)C1CCN(C(c2ccc(F)cc2)c2nnnn2C2CCCCC2)CC1. The second-order valence-electron chi connectivity index (χ2n) is 7.94. The molecule has 4 rings (SSSR count). The van der Waals surface area contributed by atoms with Gasteiger partial charge in [0.25, 0.3) is 0 Å². The van der Waals surface area contributed by atoms with E-state index in [1.165, 1.54) is 31.4 Å². The van der Waals surface area contributed by atoms with E-state index in [0.717, 1.165) is 50.2 Å². The number of tetrazole rings is 1. The molecule has 1 unspecified atom stereocenters. The number of nitrogens with zero attached hydrogens (tertiary/aromatic N) is 5. The van der Waals surface area contributed by atoms with Crippen LogP contribution in [0.3, 0.4) is 0 Å². The van der Waals surface area contributed by atoms with Crippen molar-refractivity contribution < 1.29 is 9.18 Å². The molecule has 28 heavy (non-hydrogen) atoms. The zero-order valence-electron chi connectivity index (χ0n) is 16.0. The fourth-order valence-corrected chi connectivity index (χ4v) is 4.58. The van der Waals surface area contributed by atoms with Crippen LogP contribution in [0.5, 0.6) is 0 Å². The summed E-state index contributed by atoms with van der Waals surface area (Å²) in [5.74, 6) is 0.224. The first kappa shape index (κ1) is 19.0. The molecule has 2 heterocycles. The van der Waals surface area contributed by atoms with E-state index in [1.54, 1.807) is 12.1 Å². The van der Waals surface area contributed by atoms with Crippen LogP contribution in [0.4, 0.5) is 4.39 Å². The molecule has 0 spiro atoms. The molecule has 0 bridgehead atoms. The molecule has 2 aromatic rings. The Morgan fingerprint density at radius 1 is 1.07 bits per heavy atom. The third kappa shape index (κ3) is 3.92. The van der Waals surface area contributed by atoms with Gasteiger partial charge < -0.3 is 5.73 Å². The van der Waals surface area contributed by atoms with Gasteiger partial charge in [-0.15, -0.1) is 5.10 Å². The van der Waals surface area contributed by atoms with Crippen LogP contribution in [0, 0.1) is 11.7 Å². The topological polar surface area (TPSA) is 89.9 Å². The average Bonchev–Trinajstić information content (AvgIpc) is 3.20. The van der Waals surface area contributed by atoms with Crippen molar-refractivity contribution >= 4 is 5.91 Å². The molecule has 1 saturated carbocycles. The van der Waals surface area contributed by atoms with Gasteiger partial charge in [0.1, 0.15) is 5.82 Å². The molecule has 8 heteroatoms. The van der Waals surface area contributed by atoms with E-state index < -0.39 is 0 Å². The van der Waals surface area contributed by atoms with Gasteiger partial charge >= 0.3 is 0 Å². The highest BCUT2D eigenvalue weighted by Gasteiger charge is 2.34. The maximum absolute atomic E-state index is 13.5. The van der Waals surface area contributed by atoms with E-state index in [1.807, 2.05) is 4.68 Å². The van der Waals surface area contributed by atoms with Gasteiger partial charge in [-0.2, -0.15) is 0 Å². The summed E-state index contributed by atoms with van der Waals surface area (Å²) >= 11 is 0. The van der Waals surface area contributed by atoms with Gasteiger partial charge in [0.2, 0.25) is 5.91 Å². The van der Waals surface area contributed by atoms with Crippen LogP contribution in [0.25, 0.3) is 0 Å². The Hall–Kier alpha value is -2.35. The zero-order valence-corrected chi connectivity index (χ0v) is 16.0. The summed E-state index contributed by atoms with van der Waals surface area (Å²) in [6.45, 7) is 1.46. The maximum Gasteiger partial charge on any atom is 0.220 e. The predicted octanol–water partition coefficient (Wildman–Crippen LogP) is 2.60. The van der Waals surface area contributed by atoms with Crippen molar-refractivity contribution in [2.24, 2.45) is 11.7 Å². The van der Waals surface area contributed by atoms with Crippen molar-refractivity contribution in [3.8, 4) is 0 Å². The first-order valence-electron chi connectivity index (χ1n) is 10.2. The van der Waals surface area contributed by atoms with Crippen LogP contribution in [-0.2, 0) is 4.79 Å². The van der Waals surface area contributed by atoms with Crippen molar-refractivity contribution in [2.45, 2.75) is 57.0 Å². The lowest BCUT2D eigenvalue weighted by atomic mass is 9.92. The molecule has 2 N–H and O–H groups in total. The summed E-state index contributed by atoms with van der Waals surface area (Å²) in [7, 11) is 0. The Morgan fingerprint density at radius 3 is 2.39 bits per heavy atom. The highest BCUT2D eigenvalue weighted by Crippen LogP contribution is 2.35. The normalized spacial score (nSPS) is 20.9. The van der Waals surface area contributed by atoms with Gasteiger partial charge in [-0.3, -0.25) is 9.69 Å². The minimum atomic E-state index is -0.262. The summed E-state index contributed by atoms with van der Waals surface area (Å²) < 4.78 is 15.5. The van der Waals surface area contributed by atoms with Gasteiger partial charge in [0.05, 0.1) is 12.1 Å². The van der Waals surface area contributed by atoms with Crippen molar-refractivity contribution in [3.63, 3.8) is 0 Å². The Labute approximate surface area is 164 Å². The van der Waals surface area contributed by atoms with Crippen LogP contribution in [-0.4, -0.2) is 44.1 Å². The van der Waals surface area contributed by atoms with E-state index in [4.69, 9.17) is 5.73 Å². The van der Waals surface area contributed by atoms with E-state index in [2.05, 4.69) is 20.4 Å². The van der Waals surface area contributed by atoms with E-state index in [9.17, 15) is 9.18 Å². The highest BCUT2D eigenvalue weighted by atomic mass is 19.1. The number of rotatable bonds is 5. The molecule has 2 fully saturated rings. The number of hydrogen-bond acceptors (Lipinski definition) is 5. The third-order valence-corrected chi connectivity index (χ3v) is 6.17. The van der Waals surface area contributed by atoms with E-state index >= 15 is 0 Å². The van der Waals surface area contributed by atoms with E-state index in [-0.39, 0.29) is 23.7 Å². The lowest BCUT2D eigenvalue weighted by Gasteiger charge is -2.37. The average molecular weight is 386 g/mol. The standard InChI is InChI=1S/C20H27FN6O/c21-16-8-6-14(7-9-16)18(26-12-10-15(11-13-26)19(22)28)20-23-24-25-27(20)17-4-2-1-3-5-17/h6-9,15,17-18H,1-5,10-13H2,(H2,22,28). The summed E-state index contributed by atoms with van der Waals surface area (Å²) in [6.07, 6.45) is 7.24. The Morgan fingerprint density at radius 2 is 1.75 bits per heavy atom.